The average Bonchev–Trinajstić information content (AvgIpc) is 2.68. The van der Waals surface area contributed by atoms with Gasteiger partial charge in [0.2, 0.25) is 0 Å². The molecule has 4 nitrogen and oxygen atoms in total. The summed E-state index contributed by atoms with van der Waals surface area (Å²) in [7, 11) is 0. The van der Waals surface area contributed by atoms with Crippen LogP contribution in [0.3, 0.4) is 0 Å². The molecule has 144 valence electrons. The normalized spacial score (nSPS) is 13.5. The van der Waals surface area contributed by atoms with E-state index >= 15 is 0 Å². The minimum absolute atomic E-state index is 0.293. The van der Waals surface area contributed by atoms with Gasteiger partial charge in [-0.05, 0) is 18.1 Å². The fraction of sp³-hybridized carbons (Fsp3) is 0.318. The first-order valence-electron chi connectivity index (χ1n) is 8.88. The fourth-order valence-electron chi connectivity index (χ4n) is 2.57. The van der Waals surface area contributed by atoms with Crippen LogP contribution in [-0.2, 0) is 9.59 Å². The molecular weight excluding hydrogens is 360 g/mol. The molecule has 0 aliphatic heterocycles. The predicted octanol–water partition coefficient (Wildman–Crippen LogP) is 5.32. The number of thioether (sulfide) groups is 1. The Morgan fingerprint density at radius 3 is 1.85 bits per heavy atom. The van der Waals surface area contributed by atoms with Crippen molar-refractivity contribution in [2.75, 3.05) is 0 Å². The standard InChI is InChI=1S/C20H20O4S.C2H6/c1-13(20(3,19(23)24)25-14(2)21)18(22)17-11-9-16(10-12-17)15-7-5-4-6-8-15;1-2/h4-13H,1-3H3,(H,23,24);1-2H3. The molecule has 27 heavy (non-hydrogen) atoms. The molecule has 0 radical (unpaired) electrons. The quantitative estimate of drug-likeness (QED) is 0.680. The van der Waals surface area contributed by atoms with E-state index in [9.17, 15) is 19.5 Å². The summed E-state index contributed by atoms with van der Waals surface area (Å²) in [5.74, 6) is -2.31. The van der Waals surface area contributed by atoms with E-state index < -0.39 is 16.6 Å². The first-order chi connectivity index (χ1) is 12.8. The molecule has 2 unspecified atom stereocenters. The van der Waals surface area contributed by atoms with Crippen LogP contribution in [0, 0.1) is 5.92 Å². The van der Waals surface area contributed by atoms with Crippen molar-refractivity contribution in [3.8, 4) is 11.1 Å². The molecule has 2 aromatic carbocycles. The molecule has 0 saturated carbocycles. The van der Waals surface area contributed by atoms with E-state index in [1.807, 2.05) is 56.3 Å². The highest BCUT2D eigenvalue weighted by Crippen LogP contribution is 2.36. The van der Waals surface area contributed by atoms with Gasteiger partial charge in [0.15, 0.2) is 10.9 Å². The molecule has 0 aromatic heterocycles. The highest BCUT2D eigenvalue weighted by atomic mass is 32.2. The van der Waals surface area contributed by atoms with Crippen LogP contribution in [0.2, 0.25) is 0 Å². The van der Waals surface area contributed by atoms with E-state index in [4.69, 9.17) is 0 Å². The van der Waals surface area contributed by atoms with Crippen molar-refractivity contribution in [3.05, 3.63) is 60.2 Å². The lowest BCUT2D eigenvalue weighted by molar-refractivity contribution is -0.140. The predicted molar refractivity (Wildman–Crippen MR) is 111 cm³/mol. The summed E-state index contributed by atoms with van der Waals surface area (Å²) >= 11 is 0.682. The van der Waals surface area contributed by atoms with Crippen molar-refractivity contribution in [3.63, 3.8) is 0 Å². The van der Waals surface area contributed by atoms with Gasteiger partial charge in [0.25, 0.3) is 0 Å². The van der Waals surface area contributed by atoms with Crippen molar-refractivity contribution < 1.29 is 19.5 Å². The van der Waals surface area contributed by atoms with Gasteiger partial charge in [-0.2, -0.15) is 0 Å². The number of carboxylic acid groups (broad SMARTS) is 1. The summed E-state index contributed by atoms with van der Waals surface area (Å²) in [5, 5.41) is 9.19. The molecule has 0 spiro atoms. The van der Waals surface area contributed by atoms with Crippen molar-refractivity contribution in [1.82, 2.24) is 0 Å². The van der Waals surface area contributed by atoms with E-state index in [-0.39, 0.29) is 10.9 Å². The number of benzene rings is 2. The molecule has 0 amide bonds. The second-order valence-electron chi connectivity index (χ2n) is 6.04. The summed E-state index contributed by atoms with van der Waals surface area (Å²) in [5.41, 5.74) is 2.45. The first kappa shape index (κ1) is 22.6. The maximum absolute atomic E-state index is 12.7. The van der Waals surface area contributed by atoms with E-state index in [1.54, 1.807) is 19.1 Å². The highest BCUT2D eigenvalue weighted by Gasteiger charge is 2.44. The Morgan fingerprint density at radius 1 is 0.926 bits per heavy atom. The Kier molecular flexibility index (Phi) is 8.44. The smallest absolute Gasteiger partial charge is 0.320 e. The maximum Gasteiger partial charge on any atom is 0.320 e. The summed E-state index contributed by atoms with van der Waals surface area (Å²) in [6.45, 7) is 8.28. The number of carbonyl (C=O) groups excluding carboxylic acids is 2. The second-order valence-corrected chi connectivity index (χ2v) is 7.66. The Hall–Kier alpha value is -2.40. The summed E-state index contributed by atoms with van der Waals surface area (Å²) < 4.78 is -1.50. The molecule has 0 aliphatic carbocycles. The van der Waals surface area contributed by atoms with Crippen LogP contribution in [0.4, 0.5) is 0 Å². The third kappa shape index (κ3) is 5.54. The minimum Gasteiger partial charge on any atom is -0.480 e. The van der Waals surface area contributed by atoms with Crippen LogP contribution in [0.15, 0.2) is 54.6 Å². The van der Waals surface area contributed by atoms with E-state index in [0.717, 1.165) is 11.1 Å². The molecular formula is C22H26O4S. The average molecular weight is 387 g/mol. The van der Waals surface area contributed by atoms with Gasteiger partial charge in [-0.3, -0.25) is 14.4 Å². The molecule has 0 fully saturated rings. The van der Waals surface area contributed by atoms with Gasteiger partial charge < -0.3 is 5.11 Å². The number of carbonyl (C=O) groups is 3. The fourth-order valence-corrected chi connectivity index (χ4v) is 3.54. The Bertz CT molecular complexity index is 784. The summed E-state index contributed by atoms with van der Waals surface area (Å²) in [6.07, 6.45) is 0. The van der Waals surface area contributed by atoms with Gasteiger partial charge in [-0.15, -0.1) is 0 Å². The van der Waals surface area contributed by atoms with Gasteiger partial charge in [0.05, 0.1) is 0 Å². The number of aliphatic carboxylic acids is 1. The van der Waals surface area contributed by atoms with E-state index in [1.165, 1.54) is 13.8 Å². The van der Waals surface area contributed by atoms with Crippen LogP contribution in [-0.4, -0.2) is 26.7 Å². The summed E-state index contributed by atoms with van der Waals surface area (Å²) in [4.78, 5) is 35.8. The lowest BCUT2D eigenvalue weighted by Gasteiger charge is -2.28. The summed E-state index contributed by atoms with van der Waals surface area (Å²) in [6, 6.07) is 16.8. The maximum atomic E-state index is 12.7. The molecule has 0 saturated heterocycles. The Balaban J connectivity index is 0.00000176. The van der Waals surface area contributed by atoms with Crippen molar-refractivity contribution >= 4 is 28.6 Å². The molecule has 1 N–H and O–H groups in total. The largest absolute Gasteiger partial charge is 0.480 e. The number of carboxylic acids is 1. The lowest BCUT2D eigenvalue weighted by Crippen LogP contribution is -2.43. The molecule has 0 bridgehead atoms. The minimum atomic E-state index is -1.50. The zero-order valence-corrected chi connectivity index (χ0v) is 17.2. The topological polar surface area (TPSA) is 71.4 Å². The van der Waals surface area contributed by atoms with Gasteiger partial charge in [-0.25, -0.2) is 0 Å². The van der Waals surface area contributed by atoms with Crippen molar-refractivity contribution in [1.29, 1.82) is 0 Å². The number of Topliss-reactive ketones (excluding diaryl/α,β-unsaturated/α-hetero) is 1. The highest BCUT2D eigenvalue weighted by molar-refractivity contribution is 8.15. The van der Waals surface area contributed by atoms with Crippen molar-refractivity contribution in [2.45, 2.75) is 39.4 Å². The molecule has 2 atom stereocenters. The molecule has 0 heterocycles. The third-order valence-corrected chi connectivity index (χ3v) is 5.52. The van der Waals surface area contributed by atoms with E-state index in [2.05, 4.69) is 0 Å². The first-order valence-corrected chi connectivity index (χ1v) is 9.70. The Labute approximate surface area is 165 Å². The molecule has 2 aromatic rings. The Morgan fingerprint density at radius 2 is 1.41 bits per heavy atom. The SMILES string of the molecule is CC.CC(=O)SC(C)(C(=O)O)C(C)C(=O)c1ccc(-c2ccccc2)cc1. The monoisotopic (exact) mass is 386 g/mol. The van der Waals surface area contributed by atoms with Crippen LogP contribution >= 0.6 is 11.8 Å². The van der Waals surface area contributed by atoms with Crippen LogP contribution in [0.5, 0.6) is 0 Å². The lowest BCUT2D eigenvalue weighted by atomic mass is 9.87. The van der Waals surface area contributed by atoms with Crippen LogP contribution < -0.4 is 0 Å². The van der Waals surface area contributed by atoms with Crippen LogP contribution in [0.1, 0.15) is 45.0 Å². The van der Waals surface area contributed by atoms with Gasteiger partial charge in [0.1, 0.15) is 4.75 Å². The van der Waals surface area contributed by atoms with Gasteiger partial charge >= 0.3 is 5.97 Å². The number of hydrogen-bond donors (Lipinski definition) is 1. The zero-order chi connectivity index (χ0) is 20.6. The van der Waals surface area contributed by atoms with Crippen LogP contribution in [0.25, 0.3) is 11.1 Å². The van der Waals surface area contributed by atoms with Crippen molar-refractivity contribution in [2.24, 2.45) is 5.92 Å². The molecule has 2 rings (SSSR count). The molecule has 5 heteroatoms. The van der Waals surface area contributed by atoms with Gasteiger partial charge in [0, 0.05) is 18.4 Å². The zero-order valence-electron chi connectivity index (χ0n) is 16.4. The van der Waals surface area contributed by atoms with E-state index in [0.29, 0.717) is 17.3 Å². The second kappa shape index (κ2) is 10.1. The number of rotatable bonds is 6. The molecule has 0 aliphatic rings. The number of ketones is 1. The van der Waals surface area contributed by atoms with Gasteiger partial charge in [-0.1, -0.05) is 87.1 Å². The third-order valence-electron chi connectivity index (χ3n) is 4.28. The number of hydrogen-bond acceptors (Lipinski definition) is 4.